The molecular formula is C5H9N3. The first kappa shape index (κ1) is 5.28. The standard InChI is InChI=1S/C5H9N3/c1-5(2)4(6)7-3-8-5/h3H,1-2H3,(H2,6,7,8). The van der Waals surface area contributed by atoms with Crippen LogP contribution in [0.15, 0.2) is 9.98 Å². The van der Waals surface area contributed by atoms with Crippen molar-refractivity contribution in [2.45, 2.75) is 19.4 Å². The summed E-state index contributed by atoms with van der Waals surface area (Å²) in [6.45, 7) is 3.85. The van der Waals surface area contributed by atoms with Gasteiger partial charge in [0.05, 0.1) is 0 Å². The fraction of sp³-hybridized carbons (Fsp3) is 0.600. The Kier molecular flexibility index (Phi) is 0.863. The number of amidine groups is 1. The smallest absolute Gasteiger partial charge is 0.128 e. The van der Waals surface area contributed by atoms with Crippen molar-refractivity contribution in [3.63, 3.8) is 0 Å². The molecule has 0 amide bonds. The largest absolute Gasteiger partial charge is 0.385 e. The average molecular weight is 111 g/mol. The van der Waals surface area contributed by atoms with Gasteiger partial charge in [-0.1, -0.05) is 0 Å². The Labute approximate surface area is 48.3 Å². The Balaban J connectivity index is 2.87. The van der Waals surface area contributed by atoms with Crippen LogP contribution < -0.4 is 5.73 Å². The van der Waals surface area contributed by atoms with Crippen LogP contribution >= 0.6 is 0 Å². The van der Waals surface area contributed by atoms with E-state index in [1.54, 1.807) is 0 Å². The van der Waals surface area contributed by atoms with Gasteiger partial charge in [0.15, 0.2) is 0 Å². The quantitative estimate of drug-likeness (QED) is 0.475. The topological polar surface area (TPSA) is 50.7 Å². The van der Waals surface area contributed by atoms with E-state index in [1.807, 2.05) is 13.8 Å². The third-order valence-electron chi connectivity index (χ3n) is 1.20. The zero-order valence-corrected chi connectivity index (χ0v) is 5.05. The van der Waals surface area contributed by atoms with Crippen molar-refractivity contribution in [3.8, 4) is 0 Å². The highest BCUT2D eigenvalue weighted by Crippen LogP contribution is 2.11. The van der Waals surface area contributed by atoms with Crippen molar-refractivity contribution >= 4 is 12.2 Å². The lowest BCUT2D eigenvalue weighted by Gasteiger charge is -2.11. The fourth-order valence-corrected chi connectivity index (χ4v) is 0.460. The minimum Gasteiger partial charge on any atom is -0.385 e. The van der Waals surface area contributed by atoms with Crippen molar-refractivity contribution in [2.24, 2.45) is 15.7 Å². The van der Waals surface area contributed by atoms with Crippen LogP contribution in [0.25, 0.3) is 0 Å². The second kappa shape index (κ2) is 1.31. The van der Waals surface area contributed by atoms with Gasteiger partial charge in [0, 0.05) is 0 Å². The minimum absolute atomic E-state index is 0.250. The number of nitrogens with zero attached hydrogens (tertiary/aromatic N) is 2. The summed E-state index contributed by atoms with van der Waals surface area (Å²) in [6.07, 6.45) is 1.50. The minimum atomic E-state index is -0.250. The SMILES string of the molecule is CC1(C)N=CN=C1N. The molecular weight excluding hydrogens is 102 g/mol. The first-order valence-corrected chi connectivity index (χ1v) is 2.50. The molecule has 0 spiro atoms. The molecule has 0 atom stereocenters. The van der Waals surface area contributed by atoms with Gasteiger partial charge in [0.25, 0.3) is 0 Å². The maximum absolute atomic E-state index is 5.44. The monoisotopic (exact) mass is 111 g/mol. The zero-order chi connectivity index (χ0) is 6.20. The molecule has 0 saturated heterocycles. The van der Waals surface area contributed by atoms with Crippen LogP contribution in [0.2, 0.25) is 0 Å². The lowest BCUT2D eigenvalue weighted by molar-refractivity contribution is 0.712. The number of hydrogen-bond donors (Lipinski definition) is 1. The molecule has 2 N–H and O–H groups in total. The molecule has 0 aromatic rings. The van der Waals surface area contributed by atoms with Gasteiger partial charge in [0.2, 0.25) is 0 Å². The Morgan fingerprint density at radius 2 is 2.25 bits per heavy atom. The van der Waals surface area contributed by atoms with Crippen molar-refractivity contribution in [1.29, 1.82) is 0 Å². The van der Waals surface area contributed by atoms with Crippen molar-refractivity contribution in [1.82, 2.24) is 0 Å². The first-order valence-electron chi connectivity index (χ1n) is 2.50. The second-order valence-electron chi connectivity index (χ2n) is 2.32. The molecule has 3 heteroatoms. The van der Waals surface area contributed by atoms with Crippen LogP contribution in [0.4, 0.5) is 0 Å². The van der Waals surface area contributed by atoms with Gasteiger partial charge >= 0.3 is 0 Å². The van der Waals surface area contributed by atoms with Gasteiger partial charge in [0.1, 0.15) is 17.7 Å². The van der Waals surface area contributed by atoms with Gasteiger partial charge < -0.3 is 5.73 Å². The van der Waals surface area contributed by atoms with Gasteiger partial charge in [-0.05, 0) is 13.8 Å². The van der Waals surface area contributed by atoms with Crippen LogP contribution in [0, 0.1) is 0 Å². The molecule has 0 saturated carbocycles. The van der Waals surface area contributed by atoms with Crippen LogP contribution in [0.1, 0.15) is 13.8 Å². The summed E-state index contributed by atoms with van der Waals surface area (Å²) >= 11 is 0. The van der Waals surface area contributed by atoms with E-state index in [4.69, 9.17) is 5.73 Å². The Bertz CT molecular complexity index is 155. The van der Waals surface area contributed by atoms with Crippen molar-refractivity contribution < 1.29 is 0 Å². The summed E-state index contributed by atoms with van der Waals surface area (Å²) in [5.74, 6) is 0.595. The maximum atomic E-state index is 5.44. The summed E-state index contributed by atoms with van der Waals surface area (Å²) in [6, 6.07) is 0. The van der Waals surface area contributed by atoms with Gasteiger partial charge in [-0.15, -0.1) is 0 Å². The molecule has 3 nitrogen and oxygen atoms in total. The van der Waals surface area contributed by atoms with Gasteiger partial charge in [-0.2, -0.15) is 0 Å². The summed E-state index contributed by atoms with van der Waals surface area (Å²) in [5.41, 5.74) is 5.19. The Morgan fingerprint density at radius 3 is 2.38 bits per heavy atom. The van der Waals surface area contributed by atoms with E-state index in [0.29, 0.717) is 5.84 Å². The van der Waals surface area contributed by atoms with E-state index < -0.39 is 0 Å². The molecule has 1 rings (SSSR count). The third-order valence-corrected chi connectivity index (χ3v) is 1.20. The summed E-state index contributed by atoms with van der Waals surface area (Å²) in [5, 5.41) is 0. The molecule has 0 radical (unpaired) electrons. The van der Waals surface area contributed by atoms with Crippen LogP contribution in [-0.2, 0) is 0 Å². The van der Waals surface area contributed by atoms with E-state index >= 15 is 0 Å². The van der Waals surface area contributed by atoms with Crippen LogP contribution in [0.3, 0.4) is 0 Å². The molecule has 1 aliphatic rings. The van der Waals surface area contributed by atoms with Crippen LogP contribution in [-0.4, -0.2) is 17.7 Å². The molecule has 0 aromatic heterocycles. The number of rotatable bonds is 0. The van der Waals surface area contributed by atoms with Crippen molar-refractivity contribution in [3.05, 3.63) is 0 Å². The molecule has 0 aromatic carbocycles. The van der Waals surface area contributed by atoms with E-state index in [-0.39, 0.29) is 5.54 Å². The van der Waals surface area contributed by atoms with E-state index in [1.165, 1.54) is 6.34 Å². The van der Waals surface area contributed by atoms with E-state index in [0.717, 1.165) is 0 Å². The Morgan fingerprint density at radius 1 is 1.62 bits per heavy atom. The highest BCUT2D eigenvalue weighted by Gasteiger charge is 2.23. The molecule has 44 valence electrons. The fourth-order valence-electron chi connectivity index (χ4n) is 0.460. The summed E-state index contributed by atoms with van der Waals surface area (Å²) < 4.78 is 0. The highest BCUT2D eigenvalue weighted by atomic mass is 15.1. The summed E-state index contributed by atoms with van der Waals surface area (Å²) in [4.78, 5) is 7.79. The molecule has 8 heavy (non-hydrogen) atoms. The zero-order valence-electron chi connectivity index (χ0n) is 5.05. The summed E-state index contributed by atoms with van der Waals surface area (Å²) in [7, 11) is 0. The van der Waals surface area contributed by atoms with Crippen LogP contribution in [0.5, 0.6) is 0 Å². The lowest BCUT2D eigenvalue weighted by atomic mass is 10.1. The molecule has 0 aliphatic carbocycles. The predicted molar refractivity (Wildman–Crippen MR) is 34.2 cm³/mol. The van der Waals surface area contributed by atoms with Gasteiger partial charge in [-0.25, -0.2) is 4.99 Å². The number of aliphatic imine (C=N–C) groups is 2. The maximum Gasteiger partial charge on any atom is 0.128 e. The highest BCUT2D eigenvalue weighted by molar-refractivity contribution is 5.98. The molecule has 0 fully saturated rings. The average Bonchev–Trinajstić information content (AvgIpc) is 1.86. The molecule has 1 aliphatic heterocycles. The van der Waals surface area contributed by atoms with E-state index in [2.05, 4.69) is 9.98 Å². The second-order valence-corrected chi connectivity index (χ2v) is 2.32. The first-order chi connectivity index (χ1) is 3.63. The van der Waals surface area contributed by atoms with Gasteiger partial charge in [-0.3, -0.25) is 4.99 Å². The normalized spacial score (nSPS) is 23.5. The number of hydrogen-bond acceptors (Lipinski definition) is 3. The van der Waals surface area contributed by atoms with Crippen molar-refractivity contribution in [2.75, 3.05) is 0 Å². The lowest BCUT2D eigenvalue weighted by Crippen LogP contribution is -2.33. The molecule has 1 heterocycles. The Hall–Kier alpha value is -0.860. The predicted octanol–water partition coefficient (Wildman–Crippen LogP) is 0.164. The molecule has 0 unspecified atom stereocenters. The number of nitrogens with two attached hydrogens (primary N) is 1. The van der Waals surface area contributed by atoms with E-state index in [9.17, 15) is 0 Å². The molecule has 0 bridgehead atoms. The third kappa shape index (κ3) is 0.598.